The highest BCUT2D eigenvalue weighted by molar-refractivity contribution is 7.90. The Bertz CT molecular complexity index is 1220. The number of piperazine rings is 1. The van der Waals surface area contributed by atoms with Gasteiger partial charge in [-0.15, -0.1) is 0 Å². The van der Waals surface area contributed by atoms with Gasteiger partial charge in [0.15, 0.2) is 9.84 Å². The highest BCUT2D eigenvalue weighted by Gasteiger charge is 2.28. The van der Waals surface area contributed by atoms with Crippen LogP contribution in [0.2, 0.25) is 0 Å². The first-order chi connectivity index (χ1) is 15.0. The van der Waals surface area contributed by atoms with Crippen LogP contribution in [0.25, 0.3) is 5.69 Å². The van der Waals surface area contributed by atoms with Gasteiger partial charge in [0.1, 0.15) is 0 Å². The van der Waals surface area contributed by atoms with E-state index >= 15 is 4.39 Å². The topological polar surface area (TPSA) is 79.7 Å². The van der Waals surface area contributed by atoms with Gasteiger partial charge >= 0.3 is 0 Å². The summed E-state index contributed by atoms with van der Waals surface area (Å²) in [6, 6.07) is 7.09. The zero-order chi connectivity index (χ0) is 23.8. The van der Waals surface area contributed by atoms with Crippen molar-refractivity contribution < 1.29 is 17.6 Å². The standard InChI is InChI=1S/C23H28FN3O4S/c1-6-21(28)25-10-11-26(16(4)14-25)17-12-20(24)27(22(29)13-17)23-18(15(2)3)8-7-9-19(23)32(5,30)31/h6-9,12-13,15-16H,1,10-11,14H2,2-5H3/t16-/m0/s1. The number of amides is 1. The minimum atomic E-state index is -3.71. The Labute approximate surface area is 187 Å². The number of para-hydroxylation sites is 1. The Hall–Kier alpha value is -2.94. The number of sulfone groups is 1. The van der Waals surface area contributed by atoms with Gasteiger partial charge in [-0.05, 0) is 30.5 Å². The van der Waals surface area contributed by atoms with Crippen molar-refractivity contribution in [1.29, 1.82) is 0 Å². The van der Waals surface area contributed by atoms with Crippen LogP contribution in [0.15, 0.2) is 52.7 Å². The van der Waals surface area contributed by atoms with Gasteiger partial charge in [0, 0.05) is 49.8 Å². The largest absolute Gasteiger partial charge is 0.365 e. The van der Waals surface area contributed by atoms with E-state index in [0.29, 0.717) is 30.9 Å². The van der Waals surface area contributed by atoms with Gasteiger partial charge in [-0.25, -0.2) is 8.42 Å². The van der Waals surface area contributed by atoms with E-state index in [9.17, 15) is 18.0 Å². The molecule has 0 unspecified atom stereocenters. The van der Waals surface area contributed by atoms with Crippen LogP contribution >= 0.6 is 0 Å². The highest BCUT2D eigenvalue weighted by Crippen LogP contribution is 2.30. The summed E-state index contributed by atoms with van der Waals surface area (Å²) in [5.41, 5.74) is 0.347. The number of pyridine rings is 1. The minimum absolute atomic E-state index is 0.0495. The van der Waals surface area contributed by atoms with Crippen molar-refractivity contribution in [1.82, 2.24) is 9.47 Å². The lowest BCUT2D eigenvalue weighted by Crippen LogP contribution is -2.53. The molecule has 1 fully saturated rings. The highest BCUT2D eigenvalue weighted by atomic mass is 32.2. The lowest BCUT2D eigenvalue weighted by atomic mass is 10.0. The molecule has 7 nitrogen and oxygen atoms in total. The zero-order valence-electron chi connectivity index (χ0n) is 18.7. The number of anilines is 1. The number of benzene rings is 1. The van der Waals surface area contributed by atoms with Crippen molar-refractivity contribution in [2.75, 3.05) is 30.8 Å². The fourth-order valence-electron chi connectivity index (χ4n) is 4.12. The van der Waals surface area contributed by atoms with Crippen LogP contribution in [0.1, 0.15) is 32.3 Å². The summed E-state index contributed by atoms with van der Waals surface area (Å²) in [4.78, 5) is 28.4. The average molecular weight is 462 g/mol. The van der Waals surface area contributed by atoms with E-state index in [4.69, 9.17) is 0 Å². The lowest BCUT2D eigenvalue weighted by molar-refractivity contribution is -0.126. The molecule has 1 aliphatic rings. The summed E-state index contributed by atoms with van der Waals surface area (Å²) in [6.07, 6.45) is 2.30. The van der Waals surface area contributed by atoms with Crippen molar-refractivity contribution in [3.05, 3.63) is 64.9 Å². The summed E-state index contributed by atoms with van der Waals surface area (Å²) in [5.74, 6) is -1.15. The van der Waals surface area contributed by atoms with Crippen LogP contribution in [-0.2, 0) is 14.6 Å². The van der Waals surface area contributed by atoms with E-state index in [1.807, 2.05) is 25.7 Å². The molecule has 2 aromatic rings. The monoisotopic (exact) mass is 461 g/mol. The van der Waals surface area contributed by atoms with Crippen molar-refractivity contribution in [2.45, 2.75) is 37.6 Å². The van der Waals surface area contributed by atoms with Crippen molar-refractivity contribution in [3.8, 4) is 5.69 Å². The number of aromatic nitrogens is 1. The molecule has 1 aromatic heterocycles. The van der Waals surface area contributed by atoms with E-state index in [0.717, 1.165) is 10.8 Å². The lowest BCUT2D eigenvalue weighted by Gasteiger charge is -2.41. The summed E-state index contributed by atoms with van der Waals surface area (Å²) in [7, 11) is -3.71. The molecule has 1 amide bonds. The maximum atomic E-state index is 15.4. The molecule has 172 valence electrons. The van der Waals surface area contributed by atoms with Gasteiger partial charge in [-0.2, -0.15) is 4.39 Å². The van der Waals surface area contributed by atoms with Crippen molar-refractivity contribution >= 4 is 21.4 Å². The van der Waals surface area contributed by atoms with Gasteiger partial charge in [0.25, 0.3) is 5.56 Å². The summed E-state index contributed by atoms with van der Waals surface area (Å²) < 4.78 is 41.1. The Morgan fingerprint density at radius 3 is 2.47 bits per heavy atom. The number of hydrogen-bond acceptors (Lipinski definition) is 5. The molecular weight excluding hydrogens is 433 g/mol. The Kier molecular flexibility index (Phi) is 6.59. The first-order valence-electron chi connectivity index (χ1n) is 10.4. The molecule has 0 saturated carbocycles. The predicted octanol–water partition coefficient (Wildman–Crippen LogP) is 2.73. The van der Waals surface area contributed by atoms with Crippen LogP contribution in [0.5, 0.6) is 0 Å². The third kappa shape index (κ3) is 4.48. The Morgan fingerprint density at radius 1 is 1.25 bits per heavy atom. The van der Waals surface area contributed by atoms with E-state index in [2.05, 4.69) is 6.58 Å². The van der Waals surface area contributed by atoms with Crippen LogP contribution in [-0.4, -0.2) is 55.7 Å². The molecule has 0 N–H and O–H groups in total. The third-order valence-corrected chi connectivity index (χ3v) is 6.82. The van der Waals surface area contributed by atoms with Gasteiger partial charge in [-0.1, -0.05) is 32.6 Å². The molecule has 3 rings (SSSR count). The molecule has 0 aliphatic carbocycles. The van der Waals surface area contributed by atoms with E-state index in [1.54, 1.807) is 17.0 Å². The number of rotatable bonds is 5. The first-order valence-corrected chi connectivity index (χ1v) is 12.3. The molecule has 9 heteroatoms. The SMILES string of the molecule is C=CC(=O)N1CCN(c2cc(F)n(-c3c(C(C)C)cccc3S(C)(=O)=O)c(=O)c2)[C@@H](C)C1. The van der Waals surface area contributed by atoms with Gasteiger partial charge in [0.2, 0.25) is 11.9 Å². The molecule has 2 heterocycles. The van der Waals surface area contributed by atoms with Crippen LogP contribution in [0.4, 0.5) is 10.1 Å². The third-order valence-electron chi connectivity index (χ3n) is 5.69. The molecular formula is C23H28FN3O4S. The molecule has 1 atom stereocenters. The van der Waals surface area contributed by atoms with Gasteiger partial charge in [-0.3, -0.25) is 14.2 Å². The van der Waals surface area contributed by atoms with Crippen molar-refractivity contribution in [3.63, 3.8) is 0 Å². The summed E-state index contributed by atoms with van der Waals surface area (Å²) in [5, 5.41) is 0. The second-order valence-corrected chi connectivity index (χ2v) is 10.3. The molecule has 32 heavy (non-hydrogen) atoms. The quantitative estimate of drug-likeness (QED) is 0.505. The maximum Gasteiger partial charge on any atom is 0.259 e. The van der Waals surface area contributed by atoms with E-state index in [1.165, 1.54) is 24.3 Å². The van der Waals surface area contributed by atoms with Crippen LogP contribution in [0.3, 0.4) is 0 Å². The smallest absolute Gasteiger partial charge is 0.259 e. The second kappa shape index (κ2) is 8.90. The Morgan fingerprint density at radius 2 is 1.94 bits per heavy atom. The van der Waals surface area contributed by atoms with Crippen LogP contribution in [0, 0.1) is 5.95 Å². The first kappa shape index (κ1) is 23.7. The van der Waals surface area contributed by atoms with Gasteiger partial charge in [0.05, 0.1) is 10.6 Å². The minimum Gasteiger partial charge on any atom is -0.365 e. The normalized spacial score (nSPS) is 17.0. The number of nitrogens with zero attached hydrogens (tertiary/aromatic N) is 3. The average Bonchev–Trinajstić information content (AvgIpc) is 2.71. The summed E-state index contributed by atoms with van der Waals surface area (Å²) in [6.45, 7) is 10.4. The number of carbonyl (C=O) groups excluding carboxylic acids is 1. The molecule has 0 bridgehead atoms. The number of halogens is 1. The molecule has 1 aliphatic heterocycles. The predicted molar refractivity (Wildman–Crippen MR) is 123 cm³/mol. The van der Waals surface area contributed by atoms with Crippen molar-refractivity contribution in [2.24, 2.45) is 0 Å². The number of hydrogen-bond donors (Lipinski definition) is 0. The fraction of sp³-hybridized carbons (Fsp3) is 0.391. The Balaban J connectivity index is 2.10. The second-order valence-electron chi connectivity index (χ2n) is 8.36. The van der Waals surface area contributed by atoms with E-state index < -0.39 is 21.3 Å². The van der Waals surface area contributed by atoms with Crippen LogP contribution < -0.4 is 10.5 Å². The summed E-state index contributed by atoms with van der Waals surface area (Å²) >= 11 is 0. The van der Waals surface area contributed by atoms with E-state index in [-0.39, 0.29) is 28.4 Å². The zero-order valence-corrected chi connectivity index (χ0v) is 19.5. The van der Waals surface area contributed by atoms with Gasteiger partial charge < -0.3 is 9.80 Å². The maximum absolute atomic E-state index is 15.4. The number of carbonyl (C=O) groups is 1. The molecule has 1 saturated heterocycles. The molecule has 1 aromatic carbocycles. The fourth-order valence-corrected chi connectivity index (χ4v) is 5.01. The molecule has 0 radical (unpaired) electrons. The molecule has 0 spiro atoms.